The van der Waals surface area contributed by atoms with E-state index in [0.717, 1.165) is 28.8 Å². The van der Waals surface area contributed by atoms with Crippen LogP contribution in [0.5, 0.6) is 5.75 Å². The topological polar surface area (TPSA) is 54.7 Å². The van der Waals surface area contributed by atoms with Crippen molar-refractivity contribution in [2.45, 2.75) is 6.04 Å². The molecule has 4 rings (SSSR count). The number of furan rings is 1. The number of ether oxygens (including phenoxy) is 1. The van der Waals surface area contributed by atoms with Crippen LogP contribution >= 0.6 is 0 Å². The molecule has 1 atom stereocenters. The Kier molecular flexibility index (Phi) is 4.15. The van der Waals surface area contributed by atoms with Gasteiger partial charge in [-0.25, -0.2) is 0 Å². The number of para-hydroxylation sites is 2. The summed E-state index contributed by atoms with van der Waals surface area (Å²) in [5.74, 6) is 0.786. The van der Waals surface area contributed by atoms with Crippen molar-refractivity contribution in [2.24, 2.45) is 0 Å². The maximum atomic E-state index is 13.3. The molecule has 1 fully saturated rings. The predicted octanol–water partition coefficient (Wildman–Crippen LogP) is 3.23. The predicted molar refractivity (Wildman–Crippen MR) is 95.9 cm³/mol. The van der Waals surface area contributed by atoms with Crippen molar-refractivity contribution >= 4 is 16.9 Å². The van der Waals surface area contributed by atoms with Gasteiger partial charge < -0.3 is 19.4 Å². The van der Waals surface area contributed by atoms with E-state index in [-0.39, 0.29) is 11.9 Å². The molecule has 2 aromatic carbocycles. The highest BCUT2D eigenvalue weighted by Crippen LogP contribution is 2.32. The molecule has 1 N–H and O–H groups in total. The van der Waals surface area contributed by atoms with Crippen molar-refractivity contribution in [1.29, 1.82) is 0 Å². The highest BCUT2D eigenvalue weighted by molar-refractivity contribution is 6.06. The lowest BCUT2D eigenvalue weighted by Gasteiger charge is -2.37. The van der Waals surface area contributed by atoms with E-state index in [9.17, 15) is 4.79 Å². The van der Waals surface area contributed by atoms with Crippen molar-refractivity contribution in [3.8, 4) is 5.75 Å². The third-order valence-corrected chi connectivity index (χ3v) is 4.71. The van der Waals surface area contributed by atoms with Crippen LogP contribution in [-0.4, -0.2) is 37.6 Å². The van der Waals surface area contributed by atoms with Crippen LogP contribution in [-0.2, 0) is 0 Å². The molecule has 0 spiro atoms. The number of fused-ring (bicyclic) bond motifs is 1. The molecule has 25 heavy (non-hydrogen) atoms. The second-order valence-corrected chi connectivity index (χ2v) is 6.11. The molecule has 2 heterocycles. The second kappa shape index (κ2) is 6.61. The summed E-state index contributed by atoms with van der Waals surface area (Å²) in [5.41, 5.74) is 2.35. The number of hydrogen-bond acceptors (Lipinski definition) is 4. The average molecular weight is 336 g/mol. The number of carbonyl (C=O) groups excluding carboxylic acids is 1. The van der Waals surface area contributed by atoms with E-state index >= 15 is 0 Å². The Balaban J connectivity index is 1.73. The molecule has 1 aliphatic heterocycles. The average Bonchev–Trinajstić information content (AvgIpc) is 3.11. The summed E-state index contributed by atoms with van der Waals surface area (Å²) in [7, 11) is 1.66. The van der Waals surface area contributed by atoms with Crippen LogP contribution in [0.15, 0.2) is 59.2 Å². The number of carbonyl (C=O) groups is 1. The number of methoxy groups -OCH3 is 1. The van der Waals surface area contributed by atoms with Gasteiger partial charge in [-0.1, -0.05) is 36.4 Å². The molecule has 0 aliphatic carbocycles. The largest absolute Gasteiger partial charge is 0.496 e. The van der Waals surface area contributed by atoms with Crippen LogP contribution in [0, 0.1) is 0 Å². The fraction of sp³-hybridized carbons (Fsp3) is 0.250. The van der Waals surface area contributed by atoms with Gasteiger partial charge in [0, 0.05) is 30.6 Å². The van der Waals surface area contributed by atoms with Crippen LogP contribution < -0.4 is 10.1 Å². The van der Waals surface area contributed by atoms with Gasteiger partial charge in [-0.2, -0.15) is 0 Å². The number of nitrogens with one attached hydrogen (secondary N) is 1. The quantitative estimate of drug-likeness (QED) is 0.798. The van der Waals surface area contributed by atoms with E-state index in [2.05, 4.69) is 5.32 Å². The Morgan fingerprint density at radius 2 is 2.00 bits per heavy atom. The normalized spacial score (nSPS) is 17.6. The van der Waals surface area contributed by atoms with Crippen molar-refractivity contribution in [2.75, 3.05) is 26.7 Å². The molecule has 0 radical (unpaired) electrons. The van der Waals surface area contributed by atoms with Crippen LogP contribution in [0.25, 0.3) is 11.0 Å². The van der Waals surface area contributed by atoms with Gasteiger partial charge in [0.15, 0.2) is 0 Å². The minimum Gasteiger partial charge on any atom is -0.496 e. The summed E-state index contributed by atoms with van der Waals surface area (Å²) in [6.45, 7) is 2.11. The molecule has 5 nitrogen and oxygen atoms in total. The maximum absolute atomic E-state index is 13.3. The summed E-state index contributed by atoms with van der Waals surface area (Å²) in [6.07, 6.45) is 1.56. The van der Waals surface area contributed by atoms with E-state index in [0.29, 0.717) is 18.7 Å². The Morgan fingerprint density at radius 1 is 1.20 bits per heavy atom. The van der Waals surface area contributed by atoms with Crippen molar-refractivity contribution in [3.63, 3.8) is 0 Å². The van der Waals surface area contributed by atoms with E-state index < -0.39 is 0 Å². The number of hydrogen-bond donors (Lipinski definition) is 1. The van der Waals surface area contributed by atoms with Gasteiger partial charge in [0.2, 0.25) is 0 Å². The highest BCUT2D eigenvalue weighted by Gasteiger charge is 2.31. The number of amides is 1. The molecular weight excluding hydrogens is 316 g/mol. The summed E-state index contributed by atoms with van der Waals surface area (Å²) >= 11 is 0. The third-order valence-electron chi connectivity index (χ3n) is 4.71. The Hall–Kier alpha value is -2.79. The van der Waals surface area contributed by atoms with Gasteiger partial charge in [-0.05, 0) is 12.1 Å². The van der Waals surface area contributed by atoms with Crippen LogP contribution in [0.2, 0.25) is 0 Å². The SMILES string of the molecule is COc1ccccc1C1CNCCN1C(=O)c1coc2ccccc12. The molecular formula is C20H20N2O3. The lowest BCUT2D eigenvalue weighted by atomic mass is 10.0. The van der Waals surface area contributed by atoms with Gasteiger partial charge in [0.05, 0.1) is 18.7 Å². The number of piperazine rings is 1. The van der Waals surface area contributed by atoms with Crippen LogP contribution in [0.4, 0.5) is 0 Å². The van der Waals surface area contributed by atoms with Gasteiger partial charge >= 0.3 is 0 Å². The zero-order valence-electron chi connectivity index (χ0n) is 14.1. The zero-order chi connectivity index (χ0) is 17.2. The summed E-state index contributed by atoms with van der Waals surface area (Å²) < 4.78 is 11.1. The minimum absolute atomic E-state index is 0.0117. The van der Waals surface area contributed by atoms with E-state index in [1.165, 1.54) is 0 Å². The first-order valence-electron chi connectivity index (χ1n) is 8.40. The monoisotopic (exact) mass is 336 g/mol. The van der Waals surface area contributed by atoms with Crippen molar-refractivity contribution in [3.05, 3.63) is 65.9 Å². The summed E-state index contributed by atoms with van der Waals surface area (Å²) in [6, 6.07) is 15.4. The van der Waals surface area contributed by atoms with Crippen LogP contribution in [0.1, 0.15) is 22.0 Å². The standard InChI is InChI=1S/C20H20N2O3/c1-24-18-8-4-3-7-15(18)17-12-21-10-11-22(17)20(23)16-13-25-19-9-5-2-6-14(16)19/h2-9,13,17,21H,10-12H2,1H3. The molecule has 1 saturated heterocycles. The smallest absolute Gasteiger partial charge is 0.258 e. The Bertz CT molecular complexity index is 903. The van der Waals surface area contributed by atoms with E-state index in [4.69, 9.17) is 9.15 Å². The van der Waals surface area contributed by atoms with E-state index in [1.807, 2.05) is 53.4 Å². The van der Waals surface area contributed by atoms with Gasteiger partial charge in [0.25, 0.3) is 5.91 Å². The molecule has 3 aromatic rings. The lowest BCUT2D eigenvalue weighted by Crippen LogP contribution is -2.48. The van der Waals surface area contributed by atoms with Crippen molar-refractivity contribution < 1.29 is 13.9 Å². The van der Waals surface area contributed by atoms with E-state index in [1.54, 1.807) is 13.4 Å². The summed E-state index contributed by atoms with van der Waals surface area (Å²) in [4.78, 5) is 15.2. The molecule has 1 aliphatic rings. The van der Waals surface area contributed by atoms with Crippen molar-refractivity contribution in [1.82, 2.24) is 10.2 Å². The Morgan fingerprint density at radius 3 is 2.88 bits per heavy atom. The zero-order valence-corrected chi connectivity index (χ0v) is 14.1. The number of benzene rings is 2. The Labute approximate surface area is 146 Å². The third kappa shape index (κ3) is 2.76. The van der Waals surface area contributed by atoms with Gasteiger partial charge in [0.1, 0.15) is 17.6 Å². The second-order valence-electron chi connectivity index (χ2n) is 6.11. The first-order chi connectivity index (χ1) is 12.3. The van der Waals surface area contributed by atoms with Crippen LogP contribution in [0.3, 0.4) is 0 Å². The molecule has 0 saturated carbocycles. The van der Waals surface area contributed by atoms with Gasteiger partial charge in [-0.15, -0.1) is 0 Å². The molecule has 0 bridgehead atoms. The first kappa shape index (κ1) is 15.7. The molecule has 1 amide bonds. The fourth-order valence-corrected chi connectivity index (χ4v) is 3.47. The molecule has 1 unspecified atom stereocenters. The highest BCUT2D eigenvalue weighted by atomic mass is 16.5. The maximum Gasteiger partial charge on any atom is 0.258 e. The van der Waals surface area contributed by atoms with Gasteiger partial charge in [-0.3, -0.25) is 4.79 Å². The number of nitrogens with zero attached hydrogens (tertiary/aromatic N) is 1. The summed E-state index contributed by atoms with van der Waals surface area (Å²) in [5, 5.41) is 4.23. The molecule has 1 aromatic heterocycles. The fourth-order valence-electron chi connectivity index (χ4n) is 3.47. The first-order valence-corrected chi connectivity index (χ1v) is 8.40. The number of rotatable bonds is 3. The minimum atomic E-state index is -0.0777. The molecule has 5 heteroatoms. The molecule has 128 valence electrons. The lowest BCUT2D eigenvalue weighted by molar-refractivity contribution is 0.0632.